The van der Waals surface area contributed by atoms with Crippen molar-refractivity contribution in [2.24, 2.45) is 5.92 Å². The second-order valence-electron chi connectivity index (χ2n) is 7.65. The first kappa shape index (κ1) is 19.0. The Hall–Kier alpha value is -1.75. The summed E-state index contributed by atoms with van der Waals surface area (Å²) in [4.78, 5) is 14.7. The number of nitrogens with zero attached hydrogens (tertiary/aromatic N) is 1. The minimum atomic E-state index is -0.0447. The van der Waals surface area contributed by atoms with Crippen molar-refractivity contribution in [3.05, 3.63) is 29.8 Å². The zero-order chi connectivity index (χ0) is 18.2. The van der Waals surface area contributed by atoms with Crippen molar-refractivity contribution in [3.8, 4) is 5.75 Å². The topological polar surface area (TPSA) is 53.6 Å². The summed E-state index contributed by atoms with van der Waals surface area (Å²) in [6.45, 7) is 3.86. The van der Waals surface area contributed by atoms with Crippen molar-refractivity contribution < 1.29 is 9.53 Å². The molecule has 26 heavy (non-hydrogen) atoms. The average molecular weight is 360 g/mol. The molecule has 2 N–H and O–H groups in total. The Morgan fingerprint density at radius 2 is 1.77 bits per heavy atom. The maximum absolute atomic E-state index is 12.0. The molecule has 1 saturated carbocycles. The van der Waals surface area contributed by atoms with Crippen LogP contribution in [-0.4, -0.2) is 50.3 Å². The number of likely N-dealkylation sites (tertiary alicyclic amines) is 1. The third-order valence-electron chi connectivity index (χ3n) is 5.90. The van der Waals surface area contributed by atoms with Gasteiger partial charge in [-0.1, -0.05) is 25.0 Å². The molecule has 1 heterocycles. The van der Waals surface area contributed by atoms with Crippen LogP contribution in [0.5, 0.6) is 5.75 Å². The van der Waals surface area contributed by atoms with E-state index in [1.807, 2.05) is 24.3 Å². The molecule has 0 unspecified atom stereocenters. The van der Waals surface area contributed by atoms with Crippen LogP contribution in [0.2, 0.25) is 0 Å². The monoisotopic (exact) mass is 359 g/mol. The van der Waals surface area contributed by atoms with Crippen molar-refractivity contribution in [3.63, 3.8) is 0 Å². The van der Waals surface area contributed by atoms with E-state index in [2.05, 4.69) is 15.5 Å². The van der Waals surface area contributed by atoms with Gasteiger partial charge in [0.2, 0.25) is 0 Å². The first-order valence-corrected chi connectivity index (χ1v) is 10.1. The van der Waals surface area contributed by atoms with E-state index in [9.17, 15) is 4.79 Å². The number of benzene rings is 1. The van der Waals surface area contributed by atoms with E-state index in [1.54, 1.807) is 7.11 Å². The van der Waals surface area contributed by atoms with E-state index in [4.69, 9.17) is 4.74 Å². The van der Waals surface area contributed by atoms with Gasteiger partial charge in [0.05, 0.1) is 7.11 Å². The molecule has 0 aromatic heterocycles. The number of amides is 2. The summed E-state index contributed by atoms with van der Waals surface area (Å²) in [5.41, 5.74) is 1.20. The van der Waals surface area contributed by atoms with Crippen molar-refractivity contribution >= 4 is 6.03 Å². The minimum Gasteiger partial charge on any atom is -0.497 e. The van der Waals surface area contributed by atoms with E-state index in [1.165, 1.54) is 57.2 Å². The normalized spacial score (nSPS) is 19.4. The first-order chi connectivity index (χ1) is 12.7. The molecule has 2 aliphatic rings. The summed E-state index contributed by atoms with van der Waals surface area (Å²) in [5.74, 6) is 1.48. The van der Waals surface area contributed by atoms with Crippen LogP contribution in [0.1, 0.15) is 44.1 Å². The molecule has 1 aromatic carbocycles. The molecular weight excluding hydrogens is 326 g/mol. The van der Waals surface area contributed by atoms with E-state index < -0.39 is 0 Å². The SMILES string of the molecule is COc1ccc(CCNC(=O)NCC2CCN(C3CCCC3)CC2)cc1. The van der Waals surface area contributed by atoms with Gasteiger partial charge >= 0.3 is 6.03 Å². The summed E-state index contributed by atoms with van der Waals surface area (Å²) in [6, 6.07) is 8.77. The molecule has 3 rings (SSSR count). The molecule has 1 aliphatic heterocycles. The Morgan fingerprint density at radius 3 is 2.42 bits per heavy atom. The highest BCUT2D eigenvalue weighted by Gasteiger charge is 2.27. The lowest BCUT2D eigenvalue weighted by Gasteiger charge is -2.36. The molecule has 0 bridgehead atoms. The molecule has 2 fully saturated rings. The summed E-state index contributed by atoms with van der Waals surface area (Å²) < 4.78 is 5.15. The molecule has 0 atom stereocenters. The Kier molecular flexibility index (Phi) is 7.18. The van der Waals surface area contributed by atoms with Gasteiger partial charge in [-0.2, -0.15) is 0 Å². The molecule has 0 radical (unpaired) electrons. The van der Waals surface area contributed by atoms with Crippen molar-refractivity contribution in [2.45, 2.75) is 51.0 Å². The first-order valence-electron chi connectivity index (χ1n) is 10.1. The number of ether oxygens (including phenoxy) is 1. The molecule has 1 aliphatic carbocycles. The third kappa shape index (κ3) is 5.63. The number of hydrogen-bond acceptors (Lipinski definition) is 3. The average Bonchev–Trinajstić information content (AvgIpc) is 3.22. The standard InChI is InChI=1S/C21H33N3O2/c1-26-20-8-6-17(7-9-20)10-13-22-21(25)23-16-18-11-14-24(15-12-18)19-4-2-3-5-19/h6-9,18-19H,2-5,10-16H2,1H3,(H2,22,23,25). The smallest absolute Gasteiger partial charge is 0.314 e. The fourth-order valence-electron chi connectivity index (χ4n) is 4.20. The van der Waals surface area contributed by atoms with E-state index >= 15 is 0 Å². The zero-order valence-corrected chi connectivity index (χ0v) is 16.0. The maximum atomic E-state index is 12.0. The van der Waals surface area contributed by atoms with Gasteiger partial charge in [-0.15, -0.1) is 0 Å². The van der Waals surface area contributed by atoms with Gasteiger partial charge in [-0.05, 0) is 68.8 Å². The lowest BCUT2D eigenvalue weighted by atomic mass is 9.95. The van der Waals surface area contributed by atoms with Crippen LogP contribution in [0.25, 0.3) is 0 Å². The number of carbonyl (C=O) groups is 1. The van der Waals surface area contributed by atoms with Gasteiger partial charge in [-0.25, -0.2) is 4.79 Å². The number of methoxy groups -OCH3 is 1. The van der Waals surface area contributed by atoms with Crippen LogP contribution in [0.15, 0.2) is 24.3 Å². The molecule has 0 spiro atoms. The van der Waals surface area contributed by atoms with Crippen molar-refractivity contribution in [1.82, 2.24) is 15.5 Å². The summed E-state index contributed by atoms with van der Waals surface area (Å²) in [5, 5.41) is 6.01. The highest BCUT2D eigenvalue weighted by Crippen LogP contribution is 2.27. The number of piperidine rings is 1. The minimum absolute atomic E-state index is 0.0447. The Bertz CT molecular complexity index is 547. The predicted octanol–water partition coefficient (Wildman–Crippen LogP) is 3.19. The van der Waals surface area contributed by atoms with Crippen LogP contribution in [0, 0.1) is 5.92 Å². The maximum Gasteiger partial charge on any atom is 0.314 e. The number of rotatable bonds is 7. The molecular formula is C21H33N3O2. The van der Waals surface area contributed by atoms with Crippen LogP contribution in [-0.2, 0) is 6.42 Å². The van der Waals surface area contributed by atoms with Gasteiger partial charge in [0.1, 0.15) is 5.75 Å². The van der Waals surface area contributed by atoms with E-state index in [-0.39, 0.29) is 6.03 Å². The Balaban J connectivity index is 1.27. The molecule has 5 nitrogen and oxygen atoms in total. The number of hydrogen-bond donors (Lipinski definition) is 2. The van der Waals surface area contributed by atoms with Gasteiger partial charge in [0, 0.05) is 19.1 Å². The lowest BCUT2D eigenvalue weighted by molar-refractivity contribution is 0.134. The fraction of sp³-hybridized carbons (Fsp3) is 0.667. The Morgan fingerprint density at radius 1 is 1.08 bits per heavy atom. The van der Waals surface area contributed by atoms with Crippen LogP contribution in [0.3, 0.4) is 0 Å². The molecule has 5 heteroatoms. The van der Waals surface area contributed by atoms with Crippen molar-refractivity contribution in [2.75, 3.05) is 33.3 Å². The quantitative estimate of drug-likeness (QED) is 0.786. The number of urea groups is 1. The molecule has 2 amide bonds. The number of nitrogens with one attached hydrogen (secondary N) is 2. The highest BCUT2D eigenvalue weighted by atomic mass is 16.5. The largest absolute Gasteiger partial charge is 0.497 e. The molecule has 1 aromatic rings. The lowest BCUT2D eigenvalue weighted by Crippen LogP contribution is -2.44. The second-order valence-corrected chi connectivity index (χ2v) is 7.65. The van der Waals surface area contributed by atoms with Gasteiger partial charge in [0.15, 0.2) is 0 Å². The Labute approximate surface area is 157 Å². The third-order valence-corrected chi connectivity index (χ3v) is 5.90. The van der Waals surface area contributed by atoms with Gasteiger partial charge in [0.25, 0.3) is 0 Å². The highest BCUT2D eigenvalue weighted by molar-refractivity contribution is 5.73. The number of carbonyl (C=O) groups excluding carboxylic acids is 1. The van der Waals surface area contributed by atoms with E-state index in [0.29, 0.717) is 12.5 Å². The zero-order valence-electron chi connectivity index (χ0n) is 16.0. The van der Waals surface area contributed by atoms with Crippen LogP contribution < -0.4 is 15.4 Å². The summed E-state index contributed by atoms with van der Waals surface area (Å²) >= 11 is 0. The summed E-state index contributed by atoms with van der Waals surface area (Å²) in [6.07, 6.45) is 8.84. The molecule has 144 valence electrons. The van der Waals surface area contributed by atoms with Gasteiger partial charge < -0.3 is 20.3 Å². The second kappa shape index (κ2) is 9.81. The summed E-state index contributed by atoms with van der Waals surface area (Å²) in [7, 11) is 1.67. The predicted molar refractivity (Wildman–Crippen MR) is 105 cm³/mol. The van der Waals surface area contributed by atoms with Gasteiger partial charge in [-0.3, -0.25) is 0 Å². The van der Waals surface area contributed by atoms with Crippen molar-refractivity contribution in [1.29, 1.82) is 0 Å². The molecule has 1 saturated heterocycles. The van der Waals surface area contributed by atoms with Crippen LogP contribution >= 0.6 is 0 Å². The van der Waals surface area contributed by atoms with E-state index in [0.717, 1.165) is 24.8 Å². The van der Waals surface area contributed by atoms with Crippen LogP contribution in [0.4, 0.5) is 4.79 Å². The fourth-order valence-corrected chi connectivity index (χ4v) is 4.20.